The summed E-state index contributed by atoms with van der Waals surface area (Å²) in [6.45, 7) is 1.74. The molecular weight excluding hydrogens is 222 g/mol. The van der Waals surface area contributed by atoms with Crippen molar-refractivity contribution >= 4 is 11.7 Å². The fraction of sp³-hybridized carbons (Fsp3) is 0.300. The molecule has 2 rings (SSSR count). The zero-order valence-corrected chi connectivity index (χ0v) is 9.54. The van der Waals surface area contributed by atoms with Gasteiger partial charge in [0.25, 0.3) is 0 Å². The largest absolute Gasteiger partial charge is 0.360 e. The summed E-state index contributed by atoms with van der Waals surface area (Å²) in [5.74, 6) is 0.619. The van der Waals surface area contributed by atoms with Gasteiger partial charge in [-0.15, -0.1) is 0 Å². The van der Waals surface area contributed by atoms with Crippen LogP contribution in [0.4, 0.5) is 5.82 Å². The third-order valence-electron chi connectivity index (χ3n) is 2.25. The summed E-state index contributed by atoms with van der Waals surface area (Å²) in [5, 5.41) is 10.2. The number of nitrogens with two attached hydrogens (primary N) is 1. The van der Waals surface area contributed by atoms with E-state index in [1.54, 1.807) is 37.1 Å². The Morgan fingerprint density at radius 2 is 2.41 bits per heavy atom. The van der Waals surface area contributed by atoms with Crippen LogP contribution in [0.25, 0.3) is 0 Å². The SMILES string of the molecule is Cc1cc(NC(=O)C(N)c2cnn(C)c2)no1. The van der Waals surface area contributed by atoms with E-state index in [4.69, 9.17) is 10.3 Å². The zero-order chi connectivity index (χ0) is 12.4. The minimum absolute atomic E-state index is 0.354. The molecule has 2 aromatic rings. The van der Waals surface area contributed by atoms with Gasteiger partial charge < -0.3 is 15.6 Å². The maximum atomic E-state index is 11.8. The maximum Gasteiger partial charge on any atom is 0.247 e. The number of nitrogens with zero attached hydrogens (tertiary/aromatic N) is 3. The molecule has 0 saturated heterocycles. The number of nitrogens with one attached hydrogen (secondary N) is 1. The first kappa shape index (κ1) is 11.3. The molecule has 0 radical (unpaired) electrons. The molecule has 0 aliphatic rings. The Hall–Kier alpha value is -2.15. The van der Waals surface area contributed by atoms with E-state index in [1.807, 2.05) is 0 Å². The number of rotatable bonds is 3. The van der Waals surface area contributed by atoms with Gasteiger partial charge >= 0.3 is 0 Å². The molecule has 17 heavy (non-hydrogen) atoms. The molecule has 0 aliphatic heterocycles. The number of aromatic nitrogens is 3. The third-order valence-corrected chi connectivity index (χ3v) is 2.25. The number of hydrogen-bond acceptors (Lipinski definition) is 5. The van der Waals surface area contributed by atoms with Crippen LogP contribution in [0.3, 0.4) is 0 Å². The van der Waals surface area contributed by atoms with Crippen LogP contribution in [0.1, 0.15) is 17.4 Å². The van der Waals surface area contributed by atoms with Crippen LogP contribution in [0.15, 0.2) is 23.0 Å². The first-order chi connectivity index (χ1) is 8.06. The van der Waals surface area contributed by atoms with Crippen molar-refractivity contribution in [1.82, 2.24) is 14.9 Å². The lowest BCUT2D eigenvalue weighted by atomic mass is 10.1. The molecule has 1 atom stereocenters. The van der Waals surface area contributed by atoms with Crippen molar-refractivity contribution in [3.05, 3.63) is 29.8 Å². The topological polar surface area (TPSA) is 99.0 Å². The Labute approximate surface area is 97.6 Å². The normalized spacial score (nSPS) is 12.4. The minimum atomic E-state index is -0.777. The number of hydrogen-bond donors (Lipinski definition) is 2. The molecule has 2 aromatic heterocycles. The third kappa shape index (κ3) is 2.51. The molecule has 0 bridgehead atoms. The summed E-state index contributed by atoms with van der Waals surface area (Å²) >= 11 is 0. The van der Waals surface area contributed by atoms with Crippen LogP contribution < -0.4 is 11.1 Å². The van der Waals surface area contributed by atoms with E-state index in [2.05, 4.69) is 15.6 Å². The van der Waals surface area contributed by atoms with Gasteiger partial charge in [0.15, 0.2) is 5.82 Å². The molecule has 7 nitrogen and oxygen atoms in total. The number of anilines is 1. The number of aryl methyl sites for hydroxylation is 2. The Morgan fingerprint density at radius 3 is 2.94 bits per heavy atom. The lowest BCUT2D eigenvalue weighted by molar-refractivity contribution is -0.117. The lowest BCUT2D eigenvalue weighted by Crippen LogP contribution is -2.27. The monoisotopic (exact) mass is 235 g/mol. The van der Waals surface area contributed by atoms with Crippen LogP contribution in [0.2, 0.25) is 0 Å². The minimum Gasteiger partial charge on any atom is -0.360 e. The van der Waals surface area contributed by atoms with Gasteiger partial charge in [-0.2, -0.15) is 5.10 Å². The lowest BCUT2D eigenvalue weighted by Gasteiger charge is -2.07. The molecule has 0 fully saturated rings. The molecule has 0 saturated carbocycles. The van der Waals surface area contributed by atoms with E-state index in [9.17, 15) is 4.79 Å². The average Bonchev–Trinajstić information content (AvgIpc) is 2.87. The van der Waals surface area contributed by atoms with Gasteiger partial charge in [0.1, 0.15) is 11.8 Å². The summed E-state index contributed by atoms with van der Waals surface area (Å²) in [5.41, 5.74) is 6.43. The summed E-state index contributed by atoms with van der Waals surface area (Å²) in [4.78, 5) is 11.8. The molecule has 0 aliphatic carbocycles. The molecule has 90 valence electrons. The Bertz CT molecular complexity index is 530. The number of carbonyl (C=O) groups is 1. The van der Waals surface area contributed by atoms with E-state index in [-0.39, 0.29) is 5.91 Å². The van der Waals surface area contributed by atoms with Crippen molar-refractivity contribution in [2.45, 2.75) is 13.0 Å². The summed E-state index contributed by atoms with van der Waals surface area (Å²) < 4.78 is 6.42. The molecule has 0 aromatic carbocycles. The van der Waals surface area contributed by atoms with Gasteiger partial charge in [0.2, 0.25) is 5.91 Å². The van der Waals surface area contributed by atoms with Crippen molar-refractivity contribution in [2.24, 2.45) is 12.8 Å². The second-order valence-corrected chi connectivity index (χ2v) is 3.74. The van der Waals surface area contributed by atoms with Crippen molar-refractivity contribution in [2.75, 3.05) is 5.32 Å². The Balaban J connectivity index is 2.05. The van der Waals surface area contributed by atoms with E-state index < -0.39 is 6.04 Å². The summed E-state index contributed by atoms with van der Waals surface area (Å²) in [7, 11) is 1.76. The zero-order valence-electron chi connectivity index (χ0n) is 9.54. The van der Waals surface area contributed by atoms with Crippen molar-refractivity contribution < 1.29 is 9.32 Å². The average molecular weight is 235 g/mol. The molecule has 7 heteroatoms. The van der Waals surface area contributed by atoms with Gasteiger partial charge in [-0.1, -0.05) is 5.16 Å². The van der Waals surface area contributed by atoms with Crippen LogP contribution in [-0.2, 0) is 11.8 Å². The predicted octanol–water partition coefficient (Wildman–Crippen LogP) is 0.355. The van der Waals surface area contributed by atoms with Gasteiger partial charge in [-0.3, -0.25) is 9.48 Å². The highest BCUT2D eigenvalue weighted by molar-refractivity contribution is 5.94. The van der Waals surface area contributed by atoms with E-state index >= 15 is 0 Å². The van der Waals surface area contributed by atoms with Gasteiger partial charge in [0, 0.05) is 24.9 Å². The highest BCUT2D eigenvalue weighted by Crippen LogP contribution is 2.13. The van der Waals surface area contributed by atoms with Gasteiger partial charge in [0.05, 0.1) is 6.20 Å². The van der Waals surface area contributed by atoms with Gasteiger partial charge in [-0.25, -0.2) is 0 Å². The maximum absolute atomic E-state index is 11.8. The van der Waals surface area contributed by atoms with Crippen LogP contribution >= 0.6 is 0 Å². The Morgan fingerprint density at radius 1 is 1.65 bits per heavy atom. The molecule has 2 heterocycles. The van der Waals surface area contributed by atoms with E-state index in [0.717, 1.165) is 0 Å². The second-order valence-electron chi connectivity index (χ2n) is 3.74. The second kappa shape index (κ2) is 4.38. The fourth-order valence-corrected chi connectivity index (χ4v) is 1.38. The number of amides is 1. The fourth-order valence-electron chi connectivity index (χ4n) is 1.38. The van der Waals surface area contributed by atoms with E-state index in [1.165, 1.54) is 0 Å². The standard InChI is InChI=1S/C10H13N5O2/c1-6-3-8(14-17-6)13-10(16)9(11)7-4-12-15(2)5-7/h3-5,9H,11H2,1-2H3,(H,13,14,16). The molecule has 3 N–H and O–H groups in total. The van der Waals surface area contributed by atoms with Crippen LogP contribution in [0, 0.1) is 6.92 Å². The highest BCUT2D eigenvalue weighted by atomic mass is 16.5. The smallest absolute Gasteiger partial charge is 0.247 e. The summed E-state index contributed by atoms with van der Waals surface area (Å²) in [6, 6.07) is 0.842. The van der Waals surface area contributed by atoms with Crippen molar-refractivity contribution in [1.29, 1.82) is 0 Å². The quantitative estimate of drug-likeness (QED) is 0.800. The predicted molar refractivity (Wildman–Crippen MR) is 60.0 cm³/mol. The first-order valence-corrected chi connectivity index (χ1v) is 5.04. The highest BCUT2D eigenvalue weighted by Gasteiger charge is 2.18. The molecule has 0 spiro atoms. The van der Waals surface area contributed by atoms with Crippen molar-refractivity contribution in [3.63, 3.8) is 0 Å². The molecular formula is C10H13N5O2. The van der Waals surface area contributed by atoms with E-state index in [0.29, 0.717) is 17.1 Å². The Kier molecular flexibility index (Phi) is 2.92. The molecule has 1 amide bonds. The summed E-state index contributed by atoms with van der Waals surface area (Å²) in [6.07, 6.45) is 3.25. The first-order valence-electron chi connectivity index (χ1n) is 5.04. The van der Waals surface area contributed by atoms with Gasteiger partial charge in [-0.05, 0) is 6.92 Å². The number of carbonyl (C=O) groups excluding carboxylic acids is 1. The molecule has 1 unspecified atom stereocenters. The van der Waals surface area contributed by atoms with Crippen LogP contribution in [0.5, 0.6) is 0 Å². The van der Waals surface area contributed by atoms with Crippen LogP contribution in [-0.4, -0.2) is 20.8 Å². The van der Waals surface area contributed by atoms with Crippen molar-refractivity contribution in [3.8, 4) is 0 Å².